The van der Waals surface area contributed by atoms with Gasteiger partial charge in [0.2, 0.25) is 0 Å². The van der Waals surface area contributed by atoms with E-state index in [-0.39, 0.29) is 63.1 Å². The van der Waals surface area contributed by atoms with Crippen LogP contribution in [0.5, 0.6) is 17.5 Å². The summed E-state index contributed by atoms with van der Waals surface area (Å²) in [5.74, 6) is -4.69. The first-order chi connectivity index (χ1) is 32.8. The number of benzene rings is 3. The van der Waals surface area contributed by atoms with Crippen molar-refractivity contribution in [2.75, 3.05) is 38.4 Å². The number of esters is 2. The number of methoxy groups -OCH3 is 3. The van der Waals surface area contributed by atoms with Gasteiger partial charge in [-0.2, -0.15) is 17.9 Å². The average molecular weight is 1040 g/mol. The number of nitrogen functional groups attached to an aromatic ring is 1. The Morgan fingerprint density at radius 2 is 1.59 bits per heavy atom. The Morgan fingerprint density at radius 1 is 0.884 bits per heavy atom. The van der Waals surface area contributed by atoms with Gasteiger partial charge in [-0.15, -0.1) is 5.10 Å². The highest BCUT2D eigenvalue weighted by atomic mass is 35.5. The van der Waals surface area contributed by atoms with Gasteiger partial charge < -0.3 is 29.4 Å². The highest BCUT2D eigenvalue weighted by Crippen LogP contribution is 2.36. The van der Waals surface area contributed by atoms with Crippen LogP contribution in [0.4, 0.5) is 28.9 Å². The molecule has 0 aliphatic rings. The van der Waals surface area contributed by atoms with E-state index in [1.807, 2.05) is 19.1 Å². The van der Waals surface area contributed by atoms with Crippen LogP contribution in [0.2, 0.25) is 15.1 Å². The number of unbranched alkanes of at least 4 members (excludes halogenated alkanes) is 2. The van der Waals surface area contributed by atoms with E-state index in [4.69, 9.17) is 59.5 Å². The van der Waals surface area contributed by atoms with E-state index in [0.717, 1.165) is 55.5 Å². The number of carbonyl (C=O) groups is 2. The number of ether oxygens (including phenoxy) is 5. The number of nitrogens with one attached hydrogen (secondary N) is 1. The summed E-state index contributed by atoms with van der Waals surface area (Å²) >= 11 is 17.9. The maximum atomic E-state index is 14.4. The number of halogens is 7. The summed E-state index contributed by atoms with van der Waals surface area (Å²) in [5.41, 5.74) is 5.05. The number of hydrogen-bond acceptors (Lipinski definition) is 15. The van der Waals surface area contributed by atoms with Gasteiger partial charge in [0.1, 0.15) is 28.6 Å². The molecule has 7 rings (SSSR count). The zero-order chi connectivity index (χ0) is 50.6. The molecule has 0 aliphatic heterocycles. The zero-order valence-corrected chi connectivity index (χ0v) is 40.1. The van der Waals surface area contributed by atoms with Crippen molar-refractivity contribution in [3.63, 3.8) is 0 Å². The minimum atomic E-state index is -4.58. The third-order valence-corrected chi connectivity index (χ3v) is 11.5. The fourth-order valence-electron chi connectivity index (χ4n) is 6.03. The Bertz CT molecular complexity index is 3080. The van der Waals surface area contributed by atoms with Crippen molar-refractivity contribution in [3.05, 3.63) is 117 Å². The molecule has 3 N–H and O–H groups in total. The standard InChI is InChI=1S/C18H22ClNO3.C14H11Cl2FN2O3.C12H8F3N5O3S/c1-3-4-5-7-13(2)23-17(21)12-22-16-10-9-15(19)14-8-6-11-20-18(14)16;1-21-13-7(15)4-3-6(11(13)17)9-5-8(18)10(16)12(19-9)14(20)22-2;1-23-12-16-5-8(15)10-17-11(18-20(10)12)24(21,22)19-9-6(13)3-2-4-7(9)14/h6,8-11,13H,3-5,7,12H2,1-2H3;3-5H,1-2H3,(H2,18,19);2-5,19H,1H3. The Morgan fingerprint density at radius 3 is 2.26 bits per heavy atom. The van der Waals surface area contributed by atoms with E-state index >= 15 is 0 Å². The van der Waals surface area contributed by atoms with Gasteiger partial charge in [-0.3, -0.25) is 9.71 Å². The number of sulfonamides is 1. The Kier molecular flexibility index (Phi) is 18.5. The zero-order valence-electron chi connectivity index (χ0n) is 37.0. The lowest BCUT2D eigenvalue weighted by atomic mass is 10.1. The molecule has 3 aromatic carbocycles. The third kappa shape index (κ3) is 13.1. The largest absolute Gasteiger partial charge is 0.492 e. The van der Waals surface area contributed by atoms with Gasteiger partial charge in [0.25, 0.3) is 15.2 Å². The Hall–Kier alpha value is -6.75. The molecule has 0 spiro atoms. The van der Waals surface area contributed by atoms with Crippen LogP contribution < -0.4 is 24.7 Å². The molecule has 0 amide bonds. The molecule has 7 aromatic rings. The third-order valence-electron chi connectivity index (χ3n) is 9.36. The van der Waals surface area contributed by atoms with Crippen molar-refractivity contribution < 1.29 is 59.3 Å². The predicted molar refractivity (Wildman–Crippen MR) is 248 cm³/mol. The van der Waals surface area contributed by atoms with Crippen molar-refractivity contribution >= 4 is 84.7 Å². The van der Waals surface area contributed by atoms with Crippen molar-refractivity contribution in [2.45, 2.75) is 50.8 Å². The smallest absolute Gasteiger partial charge is 0.358 e. The molecule has 1 atom stereocenters. The van der Waals surface area contributed by atoms with Crippen LogP contribution in [0.3, 0.4) is 0 Å². The van der Waals surface area contributed by atoms with Gasteiger partial charge in [-0.25, -0.2) is 37.1 Å². The molecule has 0 saturated heterocycles. The van der Waals surface area contributed by atoms with Crippen LogP contribution in [0.1, 0.15) is 50.0 Å². The number of para-hydroxylation sites is 1. The van der Waals surface area contributed by atoms with Crippen molar-refractivity contribution in [3.8, 4) is 28.8 Å². The topological polar surface area (TPSA) is 221 Å². The maximum Gasteiger partial charge on any atom is 0.358 e. The summed E-state index contributed by atoms with van der Waals surface area (Å²) in [6.07, 6.45) is 6.60. The summed E-state index contributed by atoms with van der Waals surface area (Å²) < 4.78 is 107. The summed E-state index contributed by atoms with van der Waals surface area (Å²) in [6, 6.07) is 13.9. The number of anilines is 2. The monoisotopic (exact) mass is 1040 g/mol. The Labute approximate surface area is 406 Å². The number of aromatic nitrogens is 6. The van der Waals surface area contributed by atoms with Crippen molar-refractivity contribution in [1.29, 1.82) is 0 Å². The second-order valence-corrected chi connectivity index (χ2v) is 16.9. The maximum absolute atomic E-state index is 14.4. The molecule has 69 heavy (non-hydrogen) atoms. The first-order valence-electron chi connectivity index (χ1n) is 20.2. The fraction of sp³-hybridized carbons (Fsp3) is 0.250. The van der Waals surface area contributed by atoms with E-state index in [1.165, 1.54) is 39.5 Å². The van der Waals surface area contributed by atoms with Gasteiger partial charge in [0.15, 0.2) is 35.3 Å². The van der Waals surface area contributed by atoms with Crippen molar-refractivity contribution in [2.24, 2.45) is 0 Å². The van der Waals surface area contributed by atoms with Gasteiger partial charge in [-0.1, -0.05) is 60.6 Å². The molecule has 0 saturated carbocycles. The first kappa shape index (κ1) is 53.2. The summed E-state index contributed by atoms with van der Waals surface area (Å²) in [7, 11) is -0.909. The summed E-state index contributed by atoms with van der Waals surface area (Å²) in [6.45, 7) is 3.92. The number of rotatable bonds is 15. The SMILES string of the molecule is CCCCCC(C)OC(=O)COc1ccc(Cl)c2cccnc12.COC(=O)c1nc(-c2ccc(Cl)c(OC)c2F)cc(N)c1Cl.COc1ncc(F)c2nc(S(=O)(=O)Nc3c(F)cccc3F)nn12. The minimum absolute atomic E-state index is 0.0584. The molecular formula is C44H41Cl3F4N8O9S. The van der Waals surface area contributed by atoms with E-state index in [2.05, 4.69) is 36.7 Å². The lowest BCUT2D eigenvalue weighted by Gasteiger charge is -2.14. The molecule has 17 nitrogen and oxygen atoms in total. The number of nitrogens with two attached hydrogens (primary N) is 1. The van der Waals surface area contributed by atoms with Crippen LogP contribution in [-0.2, 0) is 24.3 Å². The van der Waals surface area contributed by atoms with Crippen LogP contribution in [0, 0.1) is 23.3 Å². The normalized spacial score (nSPS) is 11.4. The van der Waals surface area contributed by atoms with Gasteiger partial charge in [-0.05, 0) is 74.4 Å². The first-order valence-corrected chi connectivity index (χ1v) is 22.8. The lowest BCUT2D eigenvalue weighted by molar-refractivity contribution is -0.150. The number of carbonyl (C=O) groups excluding carboxylic acids is 2. The van der Waals surface area contributed by atoms with Crippen LogP contribution in [0.25, 0.3) is 27.8 Å². The number of fused-ring (bicyclic) bond motifs is 2. The fourth-order valence-corrected chi connectivity index (χ4v) is 7.60. The van der Waals surface area contributed by atoms with Crippen molar-refractivity contribution in [1.82, 2.24) is 29.5 Å². The lowest BCUT2D eigenvalue weighted by Crippen LogP contribution is -2.20. The van der Waals surface area contributed by atoms with Gasteiger partial charge in [0.05, 0.1) is 60.1 Å². The minimum Gasteiger partial charge on any atom is -0.492 e. The predicted octanol–water partition coefficient (Wildman–Crippen LogP) is 9.70. The number of hydrogen-bond donors (Lipinski definition) is 2. The molecule has 25 heteroatoms. The second-order valence-electron chi connectivity index (χ2n) is 14.1. The molecular weight excluding hydrogens is 999 g/mol. The Balaban J connectivity index is 0.000000193. The van der Waals surface area contributed by atoms with E-state index in [0.29, 0.717) is 20.8 Å². The van der Waals surface area contributed by atoms with E-state index in [1.54, 1.807) is 23.1 Å². The molecule has 0 radical (unpaired) electrons. The summed E-state index contributed by atoms with van der Waals surface area (Å²) in [5, 5.41) is 4.10. The van der Waals surface area contributed by atoms with E-state index < -0.39 is 55.8 Å². The van der Waals surface area contributed by atoms with Gasteiger partial charge >= 0.3 is 17.9 Å². The van der Waals surface area contributed by atoms with Crippen LogP contribution >= 0.6 is 34.8 Å². The molecule has 0 aliphatic carbocycles. The summed E-state index contributed by atoms with van der Waals surface area (Å²) in [4.78, 5) is 38.9. The number of pyridine rings is 2. The highest BCUT2D eigenvalue weighted by molar-refractivity contribution is 7.92. The number of nitrogens with zero attached hydrogens (tertiary/aromatic N) is 6. The molecule has 1 unspecified atom stereocenters. The highest BCUT2D eigenvalue weighted by Gasteiger charge is 2.27. The molecule has 0 bridgehead atoms. The van der Waals surface area contributed by atoms with Crippen LogP contribution in [0.15, 0.2) is 78.2 Å². The van der Waals surface area contributed by atoms with E-state index in [9.17, 15) is 35.6 Å². The van der Waals surface area contributed by atoms with Crippen LogP contribution in [-0.4, -0.2) is 83.9 Å². The second kappa shape index (κ2) is 24.0. The quantitative estimate of drug-likeness (QED) is 0.0554. The molecule has 4 heterocycles. The molecule has 366 valence electrons. The average Bonchev–Trinajstić information content (AvgIpc) is 3.80. The molecule has 0 fully saturated rings. The molecule has 4 aromatic heterocycles. The van der Waals surface area contributed by atoms with Gasteiger partial charge in [0, 0.05) is 17.1 Å².